The van der Waals surface area contributed by atoms with E-state index in [-0.39, 0.29) is 58.8 Å². The lowest BCUT2D eigenvalue weighted by atomic mass is 9.75. The van der Waals surface area contributed by atoms with Crippen LogP contribution in [0.1, 0.15) is 202 Å². The molecule has 0 radical (unpaired) electrons. The molecule has 1 aromatic carbocycles. The molecular weight excluding hydrogens is 1140 g/mol. The van der Waals surface area contributed by atoms with Crippen molar-refractivity contribution >= 4 is 23.2 Å². The first kappa shape index (κ1) is 71.2. The van der Waals surface area contributed by atoms with Crippen LogP contribution in [0.15, 0.2) is 71.7 Å². The Morgan fingerprint density at radius 3 is 2.24 bits per heavy atom. The maximum Gasteiger partial charge on any atom is 0.417 e. The SMILES string of the molecule is CC[C@H](C)[C@H]1CN[C@@H](CC(C)C)C(C)NCC2[C@@H](C(=O)N3CCCCC3)C(C)N2[C@@H](C2CC2)C(C)NC2(CCCC2)CNCCNC=CC(CCc2ccc(C(F)(F)F)c(Cl)c2)=NC=CN(C)C=C(CC2CCCCC2)N(C)C=C2CCCN2[C@@H](C)C(C)N1. The minimum Gasteiger partial charge on any atom is -0.390 e. The highest BCUT2D eigenvalue weighted by Crippen LogP contribution is 2.46. The van der Waals surface area contributed by atoms with E-state index in [9.17, 15) is 18.0 Å². The molecule has 1 aromatic rings. The number of likely N-dealkylation sites (tertiary alicyclic amines) is 1. The molecule has 0 bridgehead atoms. The lowest BCUT2D eigenvalue weighted by molar-refractivity contribution is -0.160. The van der Waals surface area contributed by atoms with Crippen LogP contribution in [0.5, 0.6) is 0 Å². The van der Waals surface area contributed by atoms with Crippen LogP contribution >= 0.6 is 11.6 Å². The summed E-state index contributed by atoms with van der Waals surface area (Å²) in [6, 6.07) is 6.26. The van der Waals surface area contributed by atoms with Gasteiger partial charge in [0.1, 0.15) is 0 Å². The van der Waals surface area contributed by atoms with Crippen LogP contribution in [-0.4, -0.2) is 162 Å². The van der Waals surface area contributed by atoms with Crippen molar-refractivity contribution in [2.45, 2.75) is 263 Å². The number of aryl methyl sites for hydroxylation is 1. The number of nitrogens with one attached hydrogen (secondary N) is 6. The lowest BCUT2D eigenvalue weighted by Crippen LogP contribution is -2.75. The Labute approximate surface area is 542 Å². The highest BCUT2D eigenvalue weighted by atomic mass is 35.5. The summed E-state index contributed by atoms with van der Waals surface area (Å²) in [5.74, 6) is 2.61. The van der Waals surface area contributed by atoms with Crippen LogP contribution in [-0.2, 0) is 17.4 Å². The van der Waals surface area contributed by atoms with Gasteiger partial charge in [-0.2, -0.15) is 13.2 Å². The van der Waals surface area contributed by atoms with Crippen molar-refractivity contribution in [2.24, 2.45) is 34.6 Å². The number of carbonyl (C=O) groups is 1. The summed E-state index contributed by atoms with van der Waals surface area (Å²) in [6.07, 6.45) is 31.3. The number of carbonyl (C=O) groups excluding carboxylic acids is 1. The summed E-state index contributed by atoms with van der Waals surface area (Å²) >= 11 is 6.20. The van der Waals surface area contributed by atoms with Crippen molar-refractivity contribution in [1.82, 2.24) is 56.4 Å². The van der Waals surface area contributed by atoms with E-state index in [1.54, 1.807) is 0 Å². The second kappa shape index (κ2) is 34.0. The van der Waals surface area contributed by atoms with Gasteiger partial charge in [0.05, 0.1) is 16.5 Å². The molecule has 6 fully saturated rings. The summed E-state index contributed by atoms with van der Waals surface area (Å²) in [5.41, 5.74) is 3.36. The number of piperidine rings is 1. The van der Waals surface area contributed by atoms with Crippen LogP contribution in [0.25, 0.3) is 0 Å². The molecule has 502 valence electrons. The van der Waals surface area contributed by atoms with Crippen molar-refractivity contribution in [2.75, 3.05) is 66.5 Å². The van der Waals surface area contributed by atoms with Gasteiger partial charge in [-0.3, -0.25) is 14.7 Å². The Balaban J connectivity index is 1.08. The summed E-state index contributed by atoms with van der Waals surface area (Å²) in [5, 5.41) is 24.0. The zero-order valence-electron chi connectivity index (χ0n) is 56.9. The van der Waals surface area contributed by atoms with E-state index in [2.05, 4.69) is 145 Å². The molecule has 1 amide bonds. The molecule has 17 heteroatoms. The standard InChI is InChI=1S/C72H120ClF3N12O/c1-12-51(4)66-45-81-65(42-50(2)3)53(6)80-46-67-68(70(89)86-38-19-14-20-39-86)56(9)88(67)69(59-27-28-59)54(7)83-71(32-17-18-33-71)49-78-36-35-77-34-31-60(29-25-58-26-30-63(64(73)44-58)72(74,75)76)79-37-41-84(10)47-62(43-57-22-15-13-16-23-57)85(11)48-61-24-21-40-87(61)55(8)52(5)82-66/h26,30-31,34,37,41,44,47-48,50-57,59,65-69,77-78,80-83H,12-25,27-29,32-33,35-36,38-40,42-43,45-46,49H2,1-11H3/t51-,52?,53?,54?,55-,56?,65-,66+,67?,68-,69+/m0/s1. The number of fused-ring (bicyclic) bond motifs is 2. The summed E-state index contributed by atoms with van der Waals surface area (Å²) in [6.45, 7) is 28.4. The van der Waals surface area contributed by atoms with Crippen molar-refractivity contribution in [3.05, 3.63) is 82.8 Å². The van der Waals surface area contributed by atoms with Gasteiger partial charge in [-0.1, -0.05) is 96.7 Å². The molecule has 3 aliphatic carbocycles. The van der Waals surface area contributed by atoms with Crippen LogP contribution in [0.2, 0.25) is 5.02 Å². The van der Waals surface area contributed by atoms with Gasteiger partial charge in [-0.05, 0) is 172 Å². The number of amides is 1. The topological polar surface area (TPSA) is 118 Å². The normalized spacial score (nSPS) is 30.9. The quantitative estimate of drug-likeness (QED) is 0.127. The summed E-state index contributed by atoms with van der Waals surface area (Å²) in [4.78, 5) is 32.0. The molecule has 1 spiro atoms. The molecule has 11 atom stereocenters. The maximum atomic E-state index is 14.8. The largest absolute Gasteiger partial charge is 0.417 e. The van der Waals surface area contributed by atoms with E-state index in [1.807, 2.05) is 24.7 Å². The van der Waals surface area contributed by atoms with Gasteiger partial charge in [-0.15, -0.1) is 0 Å². The minimum atomic E-state index is -4.51. The van der Waals surface area contributed by atoms with Gasteiger partial charge in [0.2, 0.25) is 5.91 Å². The van der Waals surface area contributed by atoms with Gasteiger partial charge >= 0.3 is 6.18 Å². The molecule has 3 saturated carbocycles. The third-order valence-corrected chi connectivity index (χ3v) is 22.1. The van der Waals surface area contributed by atoms with Gasteiger partial charge in [0.25, 0.3) is 0 Å². The van der Waals surface area contributed by atoms with E-state index >= 15 is 0 Å². The first-order valence-electron chi connectivity index (χ1n) is 35.5. The third-order valence-electron chi connectivity index (χ3n) is 21.8. The van der Waals surface area contributed by atoms with Crippen molar-refractivity contribution in [1.29, 1.82) is 0 Å². The number of alkyl halides is 3. The number of hydrogen-bond donors (Lipinski definition) is 6. The molecular formula is C72H120ClF3N12O. The molecule has 6 N–H and O–H groups in total. The Morgan fingerprint density at radius 2 is 1.55 bits per heavy atom. The lowest BCUT2D eigenvalue weighted by Gasteiger charge is -2.59. The molecule has 5 unspecified atom stereocenters. The van der Waals surface area contributed by atoms with Gasteiger partial charge in [0, 0.05) is 168 Å². The number of allylic oxidation sites excluding steroid dienone is 3. The summed E-state index contributed by atoms with van der Waals surface area (Å²) < 4.78 is 41.0. The fraction of sp³-hybridized carbons (Fsp3) is 0.778. The van der Waals surface area contributed by atoms with E-state index in [1.165, 1.54) is 87.7 Å². The molecule has 3 saturated heterocycles. The fourth-order valence-electron chi connectivity index (χ4n) is 16.1. The molecule has 13 nitrogen and oxygen atoms in total. The predicted octanol–water partition coefficient (Wildman–Crippen LogP) is 13.1. The zero-order chi connectivity index (χ0) is 63.8. The second-order valence-corrected chi connectivity index (χ2v) is 29.6. The predicted molar refractivity (Wildman–Crippen MR) is 364 cm³/mol. The van der Waals surface area contributed by atoms with E-state index < -0.39 is 11.7 Å². The Bertz CT molecular complexity index is 2500. The van der Waals surface area contributed by atoms with Crippen molar-refractivity contribution < 1.29 is 18.0 Å². The Kier molecular flexibility index (Phi) is 27.2. The highest BCUT2D eigenvalue weighted by Gasteiger charge is 2.57. The van der Waals surface area contributed by atoms with Gasteiger partial charge < -0.3 is 51.5 Å². The number of rotatable bonds is 11. The Morgan fingerprint density at radius 1 is 0.820 bits per heavy atom. The first-order valence-corrected chi connectivity index (χ1v) is 35.9. The third kappa shape index (κ3) is 20.2. The van der Waals surface area contributed by atoms with E-state index in [0.29, 0.717) is 54.5 Å². The molecule has 89 heavy (non-hydrogen) atoms. The van der Waals surface area contributed by atoms with Crippen LogP contribution in [0.3, 0.4) is 0 Å². The molecule has 4 heterocycles. The highest BCUT2D eigenvalue weighted by molar-refractivity contribution is 6.31. The Hall–Kier alpha value is -3.64. The van der Waals surface area contributed by atoms with Crippen LogP contribution in [0, 0.1) is 29.6 Å². The monoisotopic (exact) mass is 1260 g/mol. The molecule has 4 aliphatic heterocycles. The minimum absolute atomic E-state index is 0.0120. The van der Waals surface area contributed by atoms with Gasteiger partial charge in [-0.25, -0.2) is 0 Å². The van der Waals surface area contributed by atoms with E-state index in [0.717, 1.165) is 127 Å². The van der Waals surface area contributed by atoms with Gasteiger partial charge in [0.15, 0.2) is 0 Å². The smallest absolute Gasteiger partial charge is 0.390 e. The second-order valence-electron chi connectivity index (χ2n) is 29.2. The number of benzene rings is 1. The summed E-state index contributed by atoms with van der Waals surface area (Å²) in [7, 11) is 4.31. The number of hydrogen-bond acceptors (Lipinski definition) is 12. The number of nitrogens with zero attached hydrogens (tertiary/aromatic N) is 6. The van der Waals surface area contributed by atoms with Crippen LogP contribution in [0.4, 0.5) is 13.2 Å². The van der Waals surface area contributed by atoms with E-state index in [4.69, 9.17) is 16.6 Å². The van der Waals surface area contributed by atoms with Crippen LogP contribution < -0.4 is 31.9 Å². The average Bonchev–Trinajstić information content (AvgIpc) is 1.80. The molecule has 8 rings (SSSR count). The van der Waals surface area contributed by atoms with Crippen molar-refractivity contribution in [3.8, 4) is 0 Å². The average molecular weight is 1260 g/mol. The first-order chi connectivity index (χ1) is 42.6. The molecule has 7 aliphatic rings. The maximum absolute atomic E-state index is 14.8. The fourth-order valence-corrected chi connectivity index (χ4v) is 16.4. The number of aliphatic imine (C=N–C) groups is 1. The zero-order valence-corrected chi connectivity index (χ0v) is 57.6. The molecule has 0 aromatic heterocycles. The van der Waals surface area contributed by atoms with Crippen molar-refractivity contribution in [3.63, 3.8) is 0 Å². The number of halogens is 4.